The van der Waals surface area contributed by atoms with Crippen LogP contribution in [0.25, 0.3) is 15.9 Å². The Morgan fingerprint density at radius 2 is 2.12 bits per heavy atom. The van der Waals surface area contributed by atoms with E-state index >= 15 is 0 Å². The molecular weight excluding hydrogens is 350 g/mol. The Morgan fingerprint density at radius 1 is 1.29 bits per heavy atom. The maximum Gasteiger partial charge on any atom is 0.352 e. The molecule has 1 N–H and O–H groups in total. The SMILES string of the molecule is O=C(Cn1nc2c3sccc3ncn2c1=O)Nc1ccccc1Cl. The van der Waals surface area contributed by atoms with Crippen LogP contribution in [0.1, 0.15) is 0 Å². The zero-order valence-corrected chi connectivity index (χ0v) is 13.7. The summed E-state index contributed by atoms with van der Waals surface area (Å²) in [7, 11) is 0. The molecule has 120 valence electrons. The maximum absolute atomic E-state index is 12.4. The highest BCUT2D eigenvalue weighted by atomic mass is 35.5. The van der Waals surface area contributed by atoms with Crippen molar-refractivity contribution in [1.29, 1.82) is 0 Å². The molecule has 0 saturated carbocycles. The smallest absolute Gasteiger partial charge is 0.323 e. The standard InChI is InChI=1S/C15H10ClN5O2S/c16-9-3-1-2-4-10(9)18-12(22)7-21-15(23)20-8-17-11-5-6-24-13(11)14(20)19-21/h1-6,8H,7H2,(H,18,22). The lowest BCUT2D eigenvalue weighted by atomic mass is 10.3. The molecule has 7 nitrogen and oxygen atoms in total. The number of nitrogens with zero attached hydrogens (tertiary/aromatic N) is 4. The third-order valence-electron chi connectivity index (χ3n) is 3.47. The lowest BCUT2D eigenvalue weighted by molar-refractivity contribution is -0.117. The summed E-state index contributed by atoms with van der Waals surface area (Å²) < 4.78 is 3.25. The van der Waals surface area contributed by atoms with E-state index in [2.05, 4.69) is 15.4 Å². The van der Waals surface area contributed by atoms with E-state index < -0.39 is 5.69 Å². The Morgan fingerprint density at radius 3 is 2.96 bits per heavy atom. The van der Waals surface area contributed by atoms with Gasteiger partial charge in [-0.1, -0.05) is 23.7 Å². The van der Waals surface area contributed by atoms with Crippen molar-refractivity contribution in [3.63, 3.8) is 0 Å². The Kier molecular flexibility index (Phi) is 3.55. The van der Waals surface area contributed by atoms with E-state index in [4.69, 9.17) is 11.6 Å². The van der Waals surface area contributed by atoms with E-state index in [-0.39, 0.29) is 12.5 Å². The number of thiophene rings is 1. The molecule has 0 atom stereocenters. The molecule has 9 heteroatoms. The van der Waals surface area contributed by atoms with Crippen molar-refractivity contribution in [3.8, 4) is 0 Å². The monoisotopic (exact) mass is 359 g/mol. The molecule has 0 fully saturated rings. The second kappa shape index (κ2) is 5.73. The minimum Gasteiger partial charge on any atom is -0.323 e. The highest BCUT2D eigenvalue weighted by molar-refractivity contribution is 7.17. The van der Waals surface area contributed by atoms with Gasteiger partial charge in [-0.05, 0) is 23.6 Å². The first-order valence-electron chi connectivity index (χ1n) is 6.99. The molecule has 0 radical (unpaired) electrons. The van der Waals surface area contributed by atoms with Gasteiger partial charge in [-0.15, -0.1) is 16.4 Å². The number of hydrogen-bond donors (Lipinski definition) is 1. The predicted molar refractivity (Wildman–Crippen MR) is 92.7 cm³/mol. The van der Waals surface area contributed by atoms with Crippen molar-refractivity contribution >= 4 is 50.4 Å². The molecule has 4 rings (SSSR count). The van der Waals surface area contributed by atoms with Crippen LogP contribution in [0.2, 0.25) is 5.02 Å². The van der Waals surface area contributed by atoms with E-state index in [9.17, 15) is 9.59 Å². The number of benzene rings is 1. The summed E-state index contributed by atoms with van der Waals surface area (Å²) in [5, 5.41) is 9.24. The summed E-state index contributed by atoms with van der Waals surface area (Å²) in [6.07, 6.45) is 1.42. The summed E-state index contributed by atoms with van der Waals surface area (Å²) in [5.41, 5.74) is 1.33. The van der Waals surface area contributed by atoms with E-state index in [1.165, 1.54) is 22.1 Å². The molecule has 1 amide bonds. The highest BCUT2D eigenvalue weighted by Gasteiger charge is 2.14. The van der Waals surface area contributed by atoms with Gasteiger partial charge >= 0.3 is 5.69 Å². The lowest BCUT2D eigenvalue weighted by Gasteiger charge is -2.06. The zero-order valence-electron chi connectivity index (χ0n) is 12.1. The van der Waals surface area contributed by atoms with E-state index in [1.807, 2.05) is 11.4 Å². The zero-order chi connectivity index (χ0) is 16.7. The number of halogens is 1. The number of para-hydroxylation sites is 1. The number of rotatable bonds is 3. The molecule has 0 saturated heterocycles. The third kappa shape index (κ3) is 2.45. The number of hydrogen-bond acceptors (Lipinski definition) is 5. The fraction of sp³-hybridized carbons (Fsp3) is 0.0667. The molecule has 1 aromatic carbocycles. The first kappa shape index (κ1) is 14.9. The van der Waals surface area contributed by atoms with Gasteiger partial charge in [0.2, 0.25) is 5.91 Å². The molecule has 3 aromatic heterocycles. The molecule has 0 aliphatic carbocycles. The Labute approximate surface area is 144 Å². The quantitative estimate of drug-likeness (QED) is 0.609. The molecule has 0 aliphatic rings. The Hall–Kier alpha value is -2.71. The normalized spacial score (nSPS) is 11.2. The van der Waals surface area contributed by atoms with Crippen LogP contribution in [0.5, 0.6) is 0 Å². The van der Waals surface area contributed by atoms with Crippen molar-refractivity contribution in [1.82, 2.24) is 19.2 Å². The minimum atomic E-state index is -0.415. The van der Waals surface area contributed by atoms with Gasteiger partial charge < -0.3 is 5.32 Å². The van der Waals surface area contributed by atoms with Gasteiger partial charge in [-0.3, -0.25) is 4.79 Å². The number of fused-ring (bicyclic) bond motifs is 3. The van der Waals surface area contributed by atoms with Crippen LogP contribution in [-0.4, -0.2) is 25.1 Å². The molecule has 0 unspecified atom stereocenters. The van der Waals surface area contributed by atoms with Gasteiger partial charge in [0.25, 0.3) is 0 Å². The summed E-state index contributed by atoms with van der Waals surface area (Å²) in [6, 6.07) is 8.74. The van der Waals surface area contributed by atoms with Gasteiger partial charge in [-0.25, -0.2) is 18.9 Å². The van der Waals surface area contributed by atoms with Gasteiger partial charge in [0.05, 0.1) is 20.9 Å². The van der Waals surface area contributed by atoms with Crippen molar-refractivity contribution in [3.05, 3.63) is 57.5 Å². The maximum atomic E-state index is 12.4. The molecule has 3 heterocycles. The van der Waals surface area contributed by atoms with Crippen molar-refractivity contribution in [2.45, 2.75) is 6.54 Å². The molecule has 0 bridgehead atoms. The van der Waals surface area contributed by atoms with Gasteiger partial charge in [0.1, 0.15) is 12.9 Å². The second-order valence-corrected chi connectivity index (χ2v) is 6.36. The first-order valence-corrected chi connectivity index (χ1v) is 8.25. The molecule has 24 heavy (non-hydrogen) atoms. The van der Waals surface area contributed by atoms with Crippen molar-refractivity contribution in [2.75, 3.05) is 5.32 Å². The highest BCUT2D eigenvalue weighted by Crippen LogP contribution is 2.22. The number of carbonyl (C=O) groups is 1. The second-order valence-electron chi connectivity index (χ2n) is 5.04. The summed E-state index contributed by atoms with van der Waals surface area (Å²) in [6.45, 7) is -0.210. The van der Waals surface area contributed by atoms with E-state index in [0.29, 0.717) is 16.4 Å². The van der Waals surface area contributed by atoms with Crippen LogP contribution in [0.4, 0.5) is 5.69 Å². The topological polar surface area (TPSA) is 81.3 Å². The predicted octanol–water partition coefficient (Wildman–Crippen LogP) is 2.40. The van der Waals surface area contributed by atoms with E-state index in [0.717, 1.165) is 14.9 Å². The van der Waals surface area contributed by atoms with E-state index in [1.54, 1.807) is 24.3 Å². The number of aromatic nitrogens is 4. The first-order chi connectivity index (χ1) is 11.6. The minimum absolute atomic E-state index is 0.210. The van der Waals surface area contributed by atoms with Gasteiger partial charge in [-0.2, -0.15) is 0 Å². The molecule has 0 spiro atoms. The van der Waals surface area contributed by atoms with Crippen molar-refractivity contribution in [2.24, 2.45) is 0 Å². The average Bonchev–Trinajstić information content (AvgIpc) is 3.15. The van der Waals surface area contributed by atoms with Crippen LogP contribution in [-0.2, 0) is 11.3 Å². The number of anilines is 1. The molecule has 4 aromatic rings. The molecule has 0 aliphatic heterocycles. The fourth-order valence-electron chi connectivity index (χ4n) is 2.36. The Bertz CT molecular complexity index is 1130. The van der Waals surface area contributed by atoms with Crippen LogP contribution in [0, 0.1) is 0 Å². The Balaban J connectivity index is 1.67. The summed E-state index contributed by atoms with van der Waals surface area (Å²) in [4.78, 5) is 28.8. The largest absolute Gasteiger partial charge is 0.352 e. The lowest BCUT2D eigenvalue weighted by Crippen LogP contribution is -2.28. The molecular formula is C15H10ClN5O2S. The third-order valence-corrected chi connectivity index (χ3v) is 4.70. The van der Waals surface area contributed by atoms with Gasteiger partial charge in [0.15, 0.2) is 5.65 Å². The van der Waals surface area contributed by atoms with Crippen LogP contribution >= 0.6 is 22.9 Å². The number of carbonyl (C=O) groups excluding carboxylic acids is 1. The van der Waals surface area contributed by atoms with Crippen LogP contribution in [0.3, 0.4) is 0 Å². The number of nitrogens with one attached hydrogen (secondary N) is 1. The van der Waals surface area contributed by atoms with Crippen molar-refractivity contribution < 1.29 is 4.79 Å². The van der Waals surface area contributed by atoms with Gasteiger partial charge in [0, 0.05) is 0 Å². The average molecular weight is 360 g/mol. The van der Waals surface area contributed by atoms with Crippen LogP contribution < -0.4 is 11.0 Å². The summed E-state index contributed by atoms with van der Waals surface area (Å²) >= 11 is 7.46. The van der Waals surface area contributed by atoms with Crippen LogP contribution in [0.15, 0.2) is 46.8 Å². The number of amides is 1. The summed E-state index contributed by atoms with van der Waals surface area (Å²) in [5.74, 6) is -0.385. The fourth-order valence-corrected chi connectivity index (χ4v) is 3.36.